The molecule has 1 aliphatic heterocycles. The Morgan fingerprint density at radius 2 is 1.79 bits per heavy atom. The predicted molar refractivity (Wildman–Crippen MR) is 113 cm³/mol. The van der Waals surface area contributed by atoms with E-state index in [0.29, 0.717) is 5.56 Å². The molecule has 0 unspecified atom stereocenters. The molecule has 28 heavy (non-hydrogen) atoms. The number of nitrogens with zero attached hydrogens (tertiary/aromatic N) is 4. The summed E-state index contributed by atoms with van der Waals surface area (Å²) in [6.07, 6.45) is 2.32. The van der Waals surface area contributed by atoms with E-state index in [0.717, 1.165) is 60.6 Å². The zero-order valence-electron chi connectivity index (χ0n) is 16.0. The molecule has 4 rings (SSSR count). The van der Waals surface area contributed by atoms with Crippen LogP contribution in [0.4, 0.5) is 17.5 Å². The average molecular weight is 369 g/mol. The van der Waals surface area contributed by atoms with Crippen LogP contribution >= 0.6 is 0 Å². The first-order valence-corrected chi connectivity index (χ1v) is 9.68. The van der Waals surface area contributed by atoms with Crippen molar-refractivity contribution in [3.8, 4) is 17.3 Å². The van der Waals surface area contributed by atoms with Crippen LogP contribution in [0.3, 0.4) is 0 Å². The monoisotopic (exact) mass is 369 g/mol. The Morgan fingerprint density at radius 1 is 1.00 bits per heavy atom. The number of aromatic nitrogens is 2. The van der Waals surface area contributed by atoms with Gasteiger partial charge < -0.3 is 10.2 Å². The van der Waals surface area contributed by atoms with Gasteiger partial charge in [-0.15, -0.1) is 0 Å². The fourth-order valence-electron chi connectivity index (χ4n) is 3.42. The zero-order chi connectivity index (χ0) is 19.3. The minimum atomic E-state index is 0.618. The largest absolute Gasteiger partial charge is 0.341 e. The van der Waals surface area contributed by atoms with Gasteiger partial charge in [0.25, 0.3) is 0 Å². The summed E-state index contributed by atoms with van der Waals surface area (Å²) in [6.45, 7) is 4.25. The van der Waals surface area contributed by atoms with Crippen molar-refractivity contribution < 1.29 is 0 Å². The van der Waals surface area contributed by atoms with Gasteiger partial charge in [-0.2, -0.15) is 10.2 Å². The van der Waals surface area contributed by atoms with Gasteiger partial charge in [-0.3, -0.25) is 0 Å². The van der Waals surface area contributed by atoms with Gasteiger partial charge in [0.1, 0.15) is 5.82 Å². The van der Waals surface area contributed by atoms with Gasteiger partial charge in [0.2, 0.25) is 5.95 Å². The van der Waals surface area contributed by atoms with Crippen LogP contribution in [0.5, 0.6) is 0 Å². The van der Waals surface area contributed by atoms with Crippen molar-refractivity contribution in [1.82, 2.24) is 9.97 Å². The molecule has 1 saturated heterocycles. The lowest BCUT2D eigenvalue weighted by atomic mass is 10.00. The Morgan fingerprint density at radius 3 is 2.54 bits per heavy atom. The number of anilines is 3. The lowest BCUT2D eigenvalue weighted by Crippen LogP contribution is -2.34. The van der Waals surface area contributed by atoms with E-state index in [1.165, 1.54) is 0 Å². The van der Waals surface area contributed by atoms with Crippen LogP contribution in [0.2, 0.25) is 0 Å². The number of hydrogen-bond donors (Lipinski definition) is 1. The summed E-state index contributed by atoms with van der Waals surface area (Å²) in [5.41, 5.74) is 3.41. The minimum absolute atomic E-state index is 0.618. The van der Waals surface area contributed by atoms with Crippen molar-refractivity contribution in [2.45, 2.75) is 19.8 Å². The lowest BCUT2D eigenvalue weighted by Gasteiger charge is -2.30. The molecule has 5 heteroatoms. The first-order chi connectivity index (χ1) is 13.7. The fraction of sp³-hybridized carbons (Fsp3) is 0.261. The summed E-state index contributed by atoms with van der Waals surface area (Å²) < 4.78 is 0. The number of nitrogens with one attached hydrogen (secondary N) is 1. The van der Waals surface area contributed by atoms with E-state index in [1.807, 2.05) is 42.5 Å². The van der Waals surface area contributed by atoms with Gasteiger partial charge in [-0.05, 0) is 37.0 Å². The molecule has 5 nitrogen and oxygen atoms in total. The van der Waals surface area contributed by atoms with E-state index in [1.54, 1.807) is 6.07 Å². The number of rotatable bonds is 4. The molecule has 0 atom stereocenters. The van der Waals surface area contributed by atoms with Crippen molar-refractivity contribution in [2.24, 2.45) is 5.92 Å². The van der Waals surface area contributed by atoms with E-state index in [9.17, 15) is 0 Å². The topological polar surface area (TPSA) is 64.8 Å². The van der Waals surface area contributed by atoms with Gasteiger partial charge in [-0.1, -0.05) is 43.3 Å². The number of benzene rings is 2. The number of piperidine rings is 1. The molecule has 0 aliphatic carbocycles. The Labute approximate surface area is 165 Å². The van der Waals surface area contributed by atoms with E-state index in [2.05, 4.69) is 35.3 Å². The highest BCUT2D eigenvalue weighted by molar-refractivity contribution is 5.68. The van der Waals surface area contributed by atoms with Gasteiger partial charge in [-0.25, -0.2) is 4.98 Å². The van der Waals surface area contributed by atoms with Crippen LogP contribution in [0, 0.1) is 17.2 Å². The second-order valence-corrected chi connectivity index (χ2v) is 7.29. The summed E-state index contributed by atoms with van der Waals surface area (Å²) in [5.74, 6) is 2.24. The Hall–Kier alpha value is -3.39. The van der Waals surface area contributed by atoms with Gasteiger partial charge in [0.15, 0.2) is 0 Å². The Balaban J connectivity index is 1.70. The molecule has 0 saturated carbocycles. The van der Waals surface area contributed by atoms with E-state index in [-0.39, 0.29) is 0 Å². The fourth-order valence-corrected chi connectivity index (χ4v) is 3.42. The third-order valence-electron chi connectivity index (χ3n) is 5.11. The molecule has 0 amide bonds. The van der Waals surface area contributed by atoms with E-state index >= 15 is 0 Å². The maximum atomic E-state index is 9.15. The Bertz CT molecular complexity index is 985. The molecule has 1 N–H and O–H groups in total. The number of nitriles is 1. The molecular weight excluding hydrogens is 346 g/mol. The molecule has 0 bridgehead atoms. The summed E-state index contributed by atoms with van der Waals surface area (Å²) in [5, 5.41) is 12.5. The molecule has 1 aliphatic rings. The SMILES string of the molecule is CC1CCN(c2nc(Nc3cccc(C#N)c3)cc(-c3ccccc3)n2)CC1. The van der Waals surface area contributed by atoms with Crippen molar-refractivity contribution in [3.63, 3.8) is 0 Å². The van der Waals surface area contributed by atoms with Crippen LogP contribution < -0.4 is 10.2 Å². The third-order valence-corrected chi connectivity index (χ3v) is 5.11. The molecule has 1 fully saturated rings. The maximum Gasteiger partial charge on any atom is 0.227 e. The maximum absolute atomic E-state index is 9.15. The quantitative estimate of drug-likeness (QED) is 0.701. The minimum Gasteiger partial charge on any atom is -0.341 e. The molecule has 2 aromatic carbocycles. The third kappa shape index (κ3) is 4.12. The van der Waals surface area contributed by atoms with Crippen LogP contribution in [-0.2, 0) is 0 Å². The summed E-state index contributed by atoms with van der Waals surface area (Å²) in [6, 6.07) is 21.7. The lowest BCUT2D eigenvalue weighted by molar-refractivity contribution is 0.434. The summed E-state index contributed by atoms with van der Waals surface area (Å²) >= 11 is 0. The van der Waals surface area contributed by atoms with Crippen molar-refractivity contribution in [3.05, 3.63) is 66.2 Å². The van der Waals surface area contributed by atoms with Crippen molar-refractivity contribution >= 4 is 17.5 Å². The highest BCUT2D eigenvalue weighted by atomic mass is 15.3. The highest BCUT2D eigenvalue weighted by Crippen LogP contribution is 2.27. The summed E-state index contributed by atoms with van der Waals surface area (Å²) in [7, 11) is 0. The first-order valence-electron chi connectivity index (χ1n) is 9.68. The average Bonchev–Trinajstić information content (AvgIpc) is 2.75. The molecule has 2 heterocycles. The standard InChI is InChI=1S/C23H23N5/c1-17-10-12-28(13-11-17)23-26-21(19-7-3-2-4-8-19)15-22(27-23)25-20-9-5-6-18(14-20)16-24/h2-9,14-15,17H,10-13H2,1H3,(H,25,26,27). The van der Waals surface area contributed by atoms with Crippen LogP contribution in [0.1, 0.15) is 25.3 Å². The molecule has 1 aromatic heterocycles. The molecule has 0 radical (unpaired) electrons. The van der Waals surface area contributed by atoms with Crippen LogP contribution in [0.15, 0.2) is 60.7 Å². The van der Waals surface area contributed by atoms with Crippen molar-refractivity contribution in [1.29, 1.82) is 5.26 Å². The predicted octanol–water partition coefficient (Wildman–Crippen LogP) is 5.00. The molecule has 0 spiro atoms. The van der Waals surface area contributed by atoms with Gasteiger partial charge in [0, 0.05) is 30.4 Å². The number of hydrogen-bond acceptors (Lipinski definition) is 5. The normalized spacial score (nSPS) is 14.5. The zero-order valence-corrected chi connectivity index (χ0v) is 16.0. The van der Waals surface area contributed by atoms with E-state index < -0.39 is 0 Å². The second kappa shape index (κ2) is 8.10. The van der Waals surface area contributed by atoms with E-state index in [4.69, 9.17) is 15.2 Å². The summed E-state index contributed by atoms with van der Waals surface area (Å²) in [4.78, 5) is 11.9. The molecule has 3 aromatic rings. The van der Waals surface area contributed by atoms with Gasteiger partial charge >= 0.3 is 0 Å². The smallest absolute Gasteiger partial charge is 0.227 e. The van der Waals surface area contributed by atoms with Crippen LogP contribution in [-0.4, -0.2) is 23.1 Å². The first kappa shape index (κ1) is 18.0. The molecule has 140 valence electrons. The van der Waals surface area contributed by atoms with Crippen LogP contribution in [0.25, 0.3) is 11.3 Å². The van der Waals surface area contributed by atoms with Gasteiger partial charge in [0.05, 0.1) is 17.3 Å². The Kier molecular flexibility index (Phi) is 5.20. The second-order valence-electron chi connectivity index (χ2n) is 7.29. The highest BCUT2D eigenvalue weighted by Gasteiger charge is 2.19. The van der Waals surface area contributed by atoms with Crippen molar-refractivity contribution in [2.75, 3.05) is 23.3 Å². The molecular formula is C23H23N5.